The van der Waals surface area contributed by atoms with Gasteiger partial charge in [0.2, 0.25) is 5.91 Å². The molecule has 0 radical (unpaired) electrons. The molecule has 1 aromatic heterocycles. The molecule has 2 heterocycles. The molecule has 1 aromatic rings. The minimum absolute atomic E-state index is 0.0236. The Morgan fingerprint density at radius 2 is 2.47 bits per heavy atom. The van der Waals surface area contributed by atoms with Gasteiger partial charge in [0, 0.05) is 17.5 Å². The molecule has 0 spiro atoms. The predicted octanol–water partition coefficient (Wildman–Crippen LogP) is 2.46. The maximum atomic E-state index is 11.9. The maximum Gasteiger partial charge on any atom is 0.237 e. The number of thiophene rings is 1. The van der Waals surface area contributed by atoms with Crippen molar-refractivity contribution in [3.8, 4) is 0 Å². The number of hydrogen-bond acceptors (Lipinski definition) is 3. The Bertz CT molecular complexity index is 350. The fourth-order valence-corrected chi connectivity index (χ4v) is 3.10. The molecule has 2 rings (SSSR count). The fourth-order valence-electron chi connectivity index (χ4n) is 2.23. The van der Waals surface area contributed by atoms with Gasteiger partial charge in [0.1, 0.15) is 0 Å². The summed E-state index contributed by atoms with van der Waals surface area (Å²) in [6.45, 7) is 2.98. The molecule has 1 saturated heterocycles. The smallest absolute Gasteiger partial charge is 0.237 e. The molecule has 4 heteroatoms. The lowest BCUT2D eigenvalue weighted by Gasteiger charge is -2.22. The van der Waals surface area contributed by atoms with Crippen LogP contribution in [-0.4, -0.2) is 18.5 Å². The number of nitrogens with one attached hydrogen (secondary N) is 2. The zero-order valence-corrected chi connectivity index (χ0v) is 11.1. The first-order chi connectivity index (χ1) is 8.31. The summed E-state index contributed by atoms with van der Waals surface area (Å²) >= 11 is 1.76. The molecule has 1 fully saturated rings. The highest BCUT2D eigenvalue weighted by atomic mass is 32.1. The zero-order valence-electron chi connectivity index (χ0n) is 10.2. The average molecular weight is 252 g/mol. The molecule has 0 aliphatic carbocycles. The predicted molar refractivity (Wildman–Crippen MR) is 71.1 cm³/mol. The molecule has 0 aromatic carbocycles. The first-order valence-electron chi connectivity index (χ1n) is 6.38. The lowest BCUT2D eigenvalue weighted by atomic mass is 10.1. The monoisotopic (exact) mass is 252 g/mol. The molecule has 2 unspecified atom stereocenters. The van der Waals surface area contributed by atoms with Crippen molar-refractivity contribution in [2.75, 3.05) is 6.54 Å². The number of hydrogen-bond donors (Lipinski definition) is 2. The summed E-state index contributed by atoms with van der Waals surface area (Å²) in [5.74, 6) is 0.164. The van der Waals surface area contributed by atoms with Gasteiger partial charge >= 0.3 is 0 Å². The average Bonchev–Trinajstić information content (AvgIpc) is 2.79. The van der Waals surface area contributed by atoms with E-state index in [2.05, 4.69) is 35.1 Å². The largest absolute Gasteiger partial charge is 0.355 e. The van der Waals surface area contributed by atoms with Crippen LogP contribution in [-0.2, 0) is 4.79 Å². The van der Waals surface area contributed by atoms with E-state index in [4.69, 9.17) is 0 Å². The van der Waals surface area contributed by atoms with Crippen molar-refractivity contribution in [3.05, 3.63) is 22.4 Å². The van der Waals surface area contributed by atoms with Crippen molar-refractivity contribution in [2.45, 2.75) is 44.7 Å². The fraction of sp³-hybridized carbons (Fsp3) is 0.615. The third kappa shape index (κ3) is 3.30. The van der Waals surface area contributed by atoms with E-state index in [9.17, 15) is 4.79 Å². The van der Waals surface area contributed by atoms with Crippen LogP contribution in [0.5, 0.6) is 0 Å². The third-order valence-electron chi connectivity index (χ3n) is 3.23. The molecular formula is C13H20N2OS. The van der Waals surface area contributed by atoms with Crippen LogP contribution in [0.15, 0.2) is 17.5 Å². The molecule has 2 N–H and O–H groups in total. The second-order valence-electron chi connectivity index (χ2n) is 4.48. The first-order valence-corrected chi connectivity index (χ1v) is 7.26. The van der Waals surface area contributed by atoms with Crippen molar-refractivity contribution < 1.29 is 4.79 Å². The summed E-state index contributed by atoms with van der Waals surface area (Å²) in [5.41, 5.74) is 0. The standard InChI is InChI=1S/C13H20N2OS/c1-2-10(12-7-5-9-17-12)15-11-6-3-4-8-14-13(11)16/h5,7,9-11,15H,2-4,6,8H2,1H3,(H,14,16). The summed E-state index contributed by atoms with van der Waals surface area (Å²) in [7, 11) is 0. The molecular weight excluding hydrogens is 232 g/mol. The Balaban J connectivity index is 1.99. The quantitative estimate of drug-likeness (QED) is 0.864. The topological polar surface area (TPSA) is 41.1 Å². The maximum absolute atomic E-state index is 11.9. The Morgan fingerprint density at radius 1 is 1.59 bits per heavy atom. The highest BCUT2D eigenvalue weighted by Gasteiger charge is 2.23. The summed E-state index contributed by atoms with van der Waals surface area (Å²) in [5, 5.41) is 8.56. The molecule has 3 nitrogen and oxygen atoms in total. The lowest BCUT2D eigenvalue weighted by molar-refractivity contribution is -0.123. The highest BCUT2D eigenvalue weighted by Crippen LogP contribution is 2.23. The SMILES string of the molecule is CCC(NC1CCCCNC1=O)c1cccs1. The minimum Gasteiger partial charge on any atom is -0.355 e. The van der Waals surface area contributed by atoms with Crippen LogP contribution in [0.25, 0.3) is 0 Å². The van der Waals surface area contributed by atoms with Crippen molar-refractivity contribution in [3.63, 3.8) is 0 Å². The van der Waals surface area contributed by atoms with Crippen molar-refractivity contribution in [1.29, 1.82) is 0 Å². The first kappa shape index (κ1) is 12.6. The number of amides is 1. The van der Waals surface area contributed by atoms with Gasteiger partial charge in [-0.05, 0) is 37.1 Å². The number of carbonyl (C=O) groups excluding carboxylic acids is 1. The van der Waals surface area contributed by atoms with E-state index in [1.54, 1.807) is 11.3 Å². The lowest BCUT2D eigenvalue weighted by Crippen LogP contribution is -2.44. The van der Waals surface area contributed by atoms with Gasteiger partial charge in [-0.2, -0.15) is 0 Å². The second kappa shape index (κ2) is 6.17. The van der Waals surface area contributed by atoms with E-state index in [1.807, 2.05) is 0 Å². The van der Waals surface area contributed by atoms with Gasteiger partial charge in [0.25, 0.3) is 0 Å². The van der Waals surface area contributed by atoms with Crippen LogP contribution in [0.1, 0.15) is 43.5 Å². The molecule has 1 amide bonds. The van der Waals surface area contributed by atoms with Gasteiger partial charge in [-0.3, -0.25) is 10.1 Å². The molecule has 0 bridgehead atoms. The molecule has 2 atom stereocenters. The van der Waals surface area contributed by atoms with Crippen LogP contribution in [0.2, 0.25) is 0 Å². The Kier molecular flexibility index (Phi) is 4.57. The third-order valence-corrected chi connectivity index (χ3v) is 4.22. The van der Waals surface area contributed by atoms with E-state index in [-0.39, 0.29) is 11.9 Å². The molecule has 17 heavy (non-hydrogen) atoms. The molecule has 94 valence electrons. The van der Waals surface area contributed by atoms with Gasteiger partial charge in [-0.1, -0.05) is 13.0 Å². The highest BCUT2D eigenvalue weighted by molar-refractivity contribution is 7.10. The van der Waals surface area contributed by atoms with Crippen LogP contribution < -0.4 is 10.6 Å². The van der Waals surface area contributed by atoms with E-state index in [0.29, 0.717) is 6.04 Å². The van der Waals surface area contributed by atoms with Gasteiger partial charge in [0.15, 0.2) is 0 Å². The van der Waals surface area contributed by atoms with Gasteiger partial charge < -0.3 is 5.32 Å². The molecule has 1 aliphatic rings. The van der Waals surface area contributed by atoms with Crippen LogP contribution in [0.3, 0.4) is 0 Å². The number of rotatable bonds is 4. The summed E-state index contributed by atoms with van der Waals surface area (Å²) in [4.78, 5) is 13.2. The van der Waals surface area contributed by atoms with E-state index < -0.39 is 0 Å². The number of carbonyl (C=O) groups is 1. The summed E-state index contributed by atoms with van der Waals surface area (Å²) < 4.78 is 0. The van der Waals surface area contributed by atoms with Crippen LogP contribution in [0.4, 0.5) is 0 Å². The normalized spacial score (nSPS) is 22.9. The van der Waals surface area contributed by atoms with Gasteiger partial charge in [-0.15, -0.1) is 11.3 Å². The molecule has 0 saturated carbocycles. The second-order valence-corrected chi connectivity index (χ2v) is 5.46. The Morgan fingerprint density at radius 3 is 3.18 bits per heavy atom. The Hall–Kier alpha value is -0.870. The van der Waals surface area contributed by atoms with Crippen LogP contribution >= 0.6 is 11.3 Å². The van der Waals surface area contributed by atoms with Crippen LogP contribution in [0, 0.1) is 0 Å². The minimum atomic E-state index is -0.0236. The van der Waals surface area contributed by atoms with E-state index >= 15 is 0 Å². The van der Waals surface area contributed by atoms with Gasteiger partial charge in [0.05, 0.1) is 6.04 Å². The zero-order chi connectivity index (χ0) is 12.1. The van der Waals surface area contributed by atoms with E-state index in [0.717, 1.165) is 32.2 Å². The Labute approximate surface area is 107 Å². The van der Waals surface area contributed by atoms with Crippen molar-refractivity contribution in [1.82, 2.24) is 10.6 Å². The van der Waals surface area contributed by atoms with Gasteiger partial charge in [-0.25, -0.2) is 0 Å². The van der Waals surface area contributed by atoms with Crippen molar-refractivity contribution in [2.24, 2.45) is 0 Å². The summed E-state index contributed by atoms with van der Waals surface area (Å²) in [6.07, 6.45) is 4.19. The summed E-state index contributed by atoms with van der Waals surface area (Å²) in [6, 6.07) is 4.49. The van der Waals surface area contributed by atoms with Crippen molar-refractivity contribution >= 4 is 17.2 Å². The molecule has 1 aliphatic heterocycles. The van der Waals surface area contributed by atoms with E-state index in [1.165, 1.54) is 4.88 Å².